The molecule has 3 nitrogen and oxygen atoms in total. The van der Waals surface area contributed by atoms with E-state index in [1.54, 1.807) is 12.1 Å². The first-order valence-electron chi connectivity index (χ1n) is 7.14. The van der Waals surface area contributed by atoms with Crippen LogP contribution in [0, 0.1) is 5.21 Å². The molecule has 1 rings (SSSR count). The SMILES string of the molecule is CCCCCCCCCCOc1cc[n+]([O-])cc1. The number of pyridine rings is 1. The van der Waals surface area contributed by atoms with Crippen LogP contribution in [0.4, 0.5) is 0 Å². The van der Waals surface area contributed by atoms with Crippen LogP contribution in [0.3, 0.4) is 0 Å². The van der Waals surface area contributed by atoms with Crippen LogP contribution in [-0.2, 0) is 0 Å². The van der Waals surface area contributed by atoms with Crippen molar-refractivity contribution in [2.45, 2.75) is 58.3 Å². The average molecular weight is 251 g/mol. The molecule has 1 aromatic heterocycles. The normalized spacial score (nSPS) is 10.5. The summed E-state index contributed by atoms with van der Waals surface area (Å²) in [5.74, 6) is 0.782. The highest BCUT2D eigenvalue weighted by Gasteiger charge is 1.96. The lowest BCUT2D eigenvalue weighted by molar-refractivity contribution is -0.605. The number of nitrogens with zero attached hydrogens (tertiary/aromatic N) is 1. The summed E-state index contributed by atoms with van der Waals surface area (Å²) in [6.07, 6.45) is 13.4. The maximum atomic E-state index is 10.8. The summed E-state index contributed by atoms with van der Waals surface area (Å²) >= 11 is 0. The van der Waals surface area contributed by atoms with E-state index < -0.39 is 0 Å². The second-order valence-corrected chi connectivity index (χ2v) is 4.72. The smallest absolute Gasteiger partial charge is 0.184 e. The Kier molecular flexibility index (Phi) is 8.02. The van der Waals surface area contributed by atoms with E-state index in [-0.39, 0.29) is 0 Å². The highest BCUT2D eigenvalue weighted by atomic mass is 16.5. The molecule has 0 N–H and O–H groups in total. The molecule has 0 aliphatic rings. The van der Waals surface area contributed by atoms with Gasteiger partial charge in [-0.05, 0) is 6.42 Å². The van der Waals surface area contributed by atoms with Gasteiger partial charge in [0.25, 0.3) is 0 Å². The van der Waals surface area contributed by atoms with E-state index >= 15 is 0 Å². The molecule has 0 spiro atoms. The van der Waals surface area contributed by atoms with Crippen LogP contribution in [0.1, 0.15) is 58.3 Å². The fraction of sp³-hybridized carbons (Fsp3) is 0.667. The van der Waals surface area contributed by atoms with Crippen molar-refractivity contribution in [3.8, 4) is 5.75 Å². The van der Waals surface area contributed by atoms with Gasteiger partial charge in [0.1, 0.15) is 5.75 Å². The predicted octanol–water partition coefficient (Wildman–Crippen LogP) is 3.84. The average Bonchev–Trinajstić information content (AvgIpc) is 2.39. The topological polar surface area (TPSA) is 36.2 Å². The summed E-state index contributed by atoms with van der Waals surface area (Å²) in [6.45, 7) is 2.99. The van der Waals surface area contributed by atoms with Gasteiger partial charge in [0.15, 0.2) is 12.4 Å². The fourth-order valence-corrected chi connectivity index (χ4v) is 1.92. The van der Waals surface area contributed by atoms with Crippen molar-refractivity contribution in [1.29, 1.82) is 0 Å². The molecule has 1 aromatic rings. The van der Waals surface area contributed by atoms with Crippen LogP contribution in [0.5, 0.6) is 5.75 Å². The van der Waals surface area contributed by atoms with Crippen molar-refractivity contribution >= 4 is 0 Å². The van der Waals surface area contributed by atoms with Crippen molar-refractivity contribution in [3.05, 3.63) is 29.7 Å². The zero-order valence-electron chi connectivity index (χ0n) is 11.4. The Hall–Kier alpha value is -1.25. The van der Waals surface area contributed by atoms with Gasteiger partial charge in [-0.15, -0.1) is 0 Å². The third-order valence-corrected chi connectivity index (χ3v) is 3.04. The molecular formula is C15H25NO2. The number of rotatable bonds is 10. The lowest BCUT2D eigenvalue weighted by Crippen LogP contribution is -2.23. The van der Waals surface area contributed by atoms with E-state index in [0.717, 1.165) is 23.5 Å². The molecule has 1 heterocycles. The van der Waals surface area contributed by atoms with Crippen molar-refractivity contribution in [2.75, 3.05) is 6.61 Å². The Labute approximate surface area is 110 Å². The van der Waals surface area contributed by atoms with Crippen LogP contribution in [0.2, 0.25) is 0 Å². The first kappa shape index (κ1) is 14.8. The minimum Gasteiger partial charge on any atom is -0.619 e. The molecule has 0 atom stereocenters. The molecule has 18 heavy (non-hydrogen) atoms. The van der Waals surface area contributed by atoms with Crippen molar-refractivity contribution < 1.29 is 9.47 Å². The van der Waals surface area contributed by atoms with Crippen LogP contribution in [0.15, 0.2) is 24.5 Å². The van der Waals surface area contributed by atoms with Gasteiger partial charge in [-0.3, -0.25) is 0 Å². The number of ether oxygens (including phenoxy) is 1. The Morgan fingerprint density at radius 3 is 2.11 bits per heavy atom. The van der Waals surface area contributed by atoms with Crippen molar-refractivity contribution in [2.24, 2.45) is 0 Å². The molecule has 0 radical (unpaired) electrons. The van der Waals surface area contributed by atoms with E-state index in [9.17, 15) is 5.21 Å². The maximum absolute atomic E-state index is 10.8. The zero-order chi connectivity index (χ0) is 13.1. The zero-order valence-corrected chi connectivity index (χ0v) is 11.4. The lowest BCUT2D eigenvalue weighted by atomic mass is 10.1. The van der Waals surface area contributed by atoms with Crippen LogP contribution >= 0.6 is 0 Å². The van der Waals surface area contributed by atoms with Gasteiger partial charge in [0.05, 0.1) is 6.61 Å². The van der Waals surface area contributed by atoms with E-state index in [1.165, 1.54) is 57.3 Å². The molecule has 0 aromatic carbocycles. The van der Waals surface area contributed by atoms with Gasteiger partial charge in [-0.25, -0.2) is 0 Å². The van der Waals surface area contributed by atoms with Crippen LogP contribution < -0.4 is 9.47 Å². The van der Waals surface area contributed by atoms with E-state index in [1.807, 2.05) is 0 Å². The molecule has 0 bridgehead atoms. The lowest BCUT2D eigenvalue weighted by Gasteiger charge is -2.05. The van der Waals surface area contributed by atoms with Crippen LogP contribution in [-0.4, -0.2) is 6.61 Å². The number of unbranched alkanes of at least 4 members (excludes halogenated alkanes) is 7. The van der Waals surface area contributed by atoms with E-state index in [2.05, 4.69) is 6.92 Å². The highest BCUT2D eigenvalue weighted by Crippen LogP contribution is 2.10. The Morgan fingerprint density at radius 1 is 0.944 bits per heavy atom. The van der Waals surface area contributed by atoms with Gasteiger partial charge in [-0.1, -0.05) is 51.9 Å². The summed E-state index contributed by atoms with van der Waals surface area (Å²) in [5, 5.41) is 10.8. The highest BCUT2D eigenvalue weighted by molar-refractivity contribution is 5.14. The summed E-state index contributed by atoms with van der Waals surface area (Å²) in [5.41, 5.74) is 0. The van der Waals surface area contributed by atoms with E-state index in [0.29, 0.717) is 0 Å². The standard InChI is InChI=1S/C15H25NO2/c1-2-3-4-5-6-7-8-9-14-18-15-10-12-16(17)13-11-15/h10-13H,2-9,14H2,1H3. The minimum absolute atomic E-state index is 0.748. The first-order valence-corrected chi connectivity index (χ1v) is 7.14. The molecule has 3 heteroatoms. The van der Waals surface area contributed by atoms with Gasteiger partial charge in [0.2, 0.25) is 0 Å². The molecular weight excluding hydrogens is 226 g/mol. The Balaban J connectivity index is 1.91. The molecule has 0 aliphatic carbocycles. The maximum Gasteiger partial charge on any atom is 0.184 e. The van der Waals surface area contributed by atoms with Gasteiger partial charge in [0, 0.05) is 12.1 Å². The summed E-state index contributed by atoms with van der Waals surface area (Å²) in [6, 6.07) is 3.41. The molecule has 0 unspecified atom stereocenters. The van der Waals surface area contributed by atoms with Crippen molar-refractivity contribution in [1.82, 2.24) is 0 Å². The summed E-state index contributed by atoms with van der Waals surface area (Å²) in [7, 11) is 0. The fourth-order valence-electron chi connectivity index (χ4n) is 1.92. The third kappa shape index (κ3) is 7.15. The second-order valence-electron chi connectivity index (χ2n) is 4.72. The largest absolute Gasteiger partial charge is 0.619 e. The minimum atomic E-state index is 0.748. The van der Waals surface area contributed by atoms with Gasteiger partial charge >= 0.3 is 0 Å². The molecule has 0 fully saturated rings. The predicted molar refractivity (Wildman–Crippen MR) is 73.5 cm³/mol. The summed E-state index contributed by atoms with van der Waals surface area (Å²) in [4.78, 5) is 0. The quantitative estimate of drug-likeness (QED) is 0.360. The first-order chi connectivity index (χ1) is 8.83. The Bertz CT molecular complexity index is 298. The van der Waals surface area contributed by atoms with Gasteiger partial charge in [-0.2, -0.15) is 4.73 Å². The molecule has 102 valence electrons. The van der Waals surface area contributed by atoms with Crippen molar-refractivity contribution in [3.63, 3.8) is 0 Å². The molecule has 0 saturated carbocycles. The second kappa shape index (κ2) is 9.75. The third-order valence-electron chi connectivity index (χ3n) is 3.04. The monoisotopic (exact) mass is 251 g/mol. The summed E-state index contributed by atoms with van der Waals surface area (Å²) < 4.78 is 6.32. The van der Waals surface area contributed by atoms with Crippen LogP contribution in [0.25, 0.3) is 0 Å². The molecule has 0 aliphatic heterocycles. The van der Waals surface area contributed by atoms with Gasteiger partial charge < -0.3 is 9.94 Å². The number of hydrogen-bond acceptors (Lipinski definition) is 2. The molecule has 0 amide bonds. The van der Waals surface area contributed by atoms with E-state index in [4.69, 9.17) is 4.74 Å². The Morgan fingerprint density at radius 2 is 1.50 bits per heavy atom. The molecule has 0 saturated heterocycles. The number of aromatic nitrogens is 1. The number of hydrogen-bond donors (Lipinski definition) is 0.